The molecule has 1 aliphatic rings. The van der Waals surface area contributed by atoms with Crippen molar-refractivity contribution < 1.29 is 19.4 Å². The van der Waals surface area contributed by atoms with E-state index in [0.717, 1.165) is 12.2 Å². The summed E-state index contributed by atoms with van der Waals surface area (Å²) in [6.07, 6.45) is 1.52. The van der Waals surface area contributed by atoms with Crippen LogP contribution in [0.1, 0.15) is 12.0 Å². The number of hydrogen-bond acceptors (Lipinski definition) is 4. The van der Waals surface area contributed by atoms with Crippen LogP contribution in [0.25, 0.3) is 0 Å². The van der Waals surface area contributed by atoms with Crippen molar-refractivity contribution in [1.29, 1.82) is 0 Å². The monoisotopic (exact) mass is 236 g/mol. The minimum absolute atomic E-state index is 0.169. The summed E-state index contributed by atoms with van der Waals surface area (Å²) in [6, 6.07) is 6.88. The van der Waals surface area contributed by atoms with Crippen LogP contribution in [0.5, 0.6) is 5.75 Å². The van der Waals surface area contributed by atoms with Gasteiger partial charge in [-0.1, -0.05) is 12.1 Å². The highest BCUT2D eigenvalue weighted by atomic mass is 16.6. The van der Waals surface area contributed by atoms with E-state index in [2.05, 4.69) is 0 Å². The maximum Gasteiger partial charge on any atom is 0.309 e. The summed E-state index contributed by atoms with van der Waals surface area (Å²) in [5.74, 6) is -0.139. The SMILES string of the molecule is COC(=O)[C@H](Cc1ccc(O)cc1)CC1CO1. The largest absolute Gasteiger partial charge is 0.508 e. The fourth-order valence-electron chi connectivity index (χ4n) is 1.87. The molecule has 0 bridgehead atoms. The van der Waals surface area contributed by atoms with Crippen molar-refractivity contribution in [2.75, 3.05) is 13.7 Å². The highest BCUT2D eigenvalue weighted by Crippen LogP contribution is 2.24. The molecule has 0 aliphatic carbocycles. The number of hydrogen-bond donors (Lipinski definition) is 1. The smallest absolute Gasteiger partial charge is 0.309 e. The molecule has 0 radical (unpaired) electrons. The van der Waals surface area contributed by atoms with E-state index in [1.165, 1.54) is 7.11 Å². The topological polar surface area (TPSA) is 59.1 Å². The van der Waals surface area contributed by atoms with Gasteiger partial charge in [-0.2, -0.15) is 0 Å². The third-order valence-corrected chi connectivity index (χ3v) is 2.90. The van der Waals surface area contributed by atoms with Crippen LogP contribution in [0, 0.1) is 5.92 Å². The third-order valence-electron chi connectivity index (χ3n) is 2.90. The molecule has 0 saturated carbocycles. The van der Waals surface area contributed by atoms with Gasteiger partial charge in [-0.05, 0) is 30.5 Å². The van der Waals surface area contributed by atoms with Crippen LogP contribution in [-0.4, -0.2) is 30.9 Å². The fourth-order valence-corrected chi connectivity index (χ4v) is 1.87. The van der Waals surface area contributed by atoms with Gasteiger partial charge in [-0.25, -0.2) is 0 Å². The molecule has 4 heteroatoms. The molecule has 0 amide bonds. The number of benzene rings is 1. The Morgan fingerprint density at radius 3 is 2.71 bits per heavy atom. The average Bonchev–Trinajstić information content (AvgIpc) is 3.14. The number of epoxide rings is 1. The molecule has 0 aromatic heterocycles. The minimum atomic E-state index is -0.200. The van der Waals surface area contributed by atoms with Crippen molar-refractivity contribution >= 4 is 5.97 Å². The summed E-state index contributed by atoms with van der Waals surface area (Å²) in [5.41, 5.74) is 1.01. The standard InChI is InChI=1S/C13H16O4/c1-16-13(15)10(7-12-8-17-12)6-9-2-4-11(14)5-3-9/h2-5,10,12,14H,6-8H2,1H3/t10-,12?/m1/s1. The van der Waals surface area contributed by atoms with Crippen LogP contribution in [0.3, 0.4) is 0 Å². The molecule has 2 atom stereocenters. The van der Waals surface area contributed by atoms with Gasteiger partial charge >= 0.3 is 5.97 Å². The van der Waals surface area contributed by atoms with E-state index in [4.69, 9.17) is 9.47 Å². The molecule has 1 aromatic rings. The molecule has 92 valence electrons. The van der Waals surface area contributed by atoms with E-state index in [1.54, 1.807) is 12.1 Å². The predicted molar refractivity (Wildman–Crippen MR) is 61.7 cm³/mol. The molecule has 1 unspecified atom stereocenters. The highest BCUT2D eigenvalue weighted by molar-refractivity contribution is 5.72. The first-order valence-electron chi connectivity index (χ1n) is 5.66. The van der Waals surface area contributed by atoms with Gasteiger partial charge in [-0.3, -0.25) is 4.79 Å². The number of phenolic OH excluding ortho intramolecular Hbond substituents is 1. The Hall–Kier alpha value is -1.55. The lowest BCUT2D eigenvalue weighted by Crippen LogP contribution is -2.20. The summed E-state index contributed by atoms with van der Waals surface area (Å²) in [5, 5.41) is 9.19. The molecule has 17 heavy (non-hydrogen) atoms. The molecule has 2 rings (SSSR count). The highest BCUT2D eigenvalue weighted by Gasteiger charge is 2.31. The predicted octanol–water partition coefficient (Wildman–Crippen LogP) is 1.51. The second-order valence-electron chi connectivity index (χ2n) is 4.28. The van der Waals surface area contributed by atoms with Crippen molar-refractivity contribution in [1.82, 2.24) is 0 Å². The van der Waals surface area contributed by atoms with Crippen LogP contribution in [0.4, 0.5) is 0 Å². The fraction of sp³-hybridized carbons (Fsp3) is 0.462. The molecule has 0 spiro atoms. The Balaban J connectivity index is 2.00. The Bertz CT molecular complexity index is 381. The molecular weight excluding hydrogens is 220 g/mol. The molecule has 1 saturated heterocycles. The third kappa shape index (κ3) is 3.46. The Morgan fingerprint density at radius 2 is 2.18 bits per heavy atom. The first-order chi connectivity index (χ1) is 8.19. The van der Waals surface area contributed by atoms with Crippen LogP contribution in [0.15, 0.2) is 24.3 Å². The van der Waals surface area contributed by atoms with Crippen molar-refractivity contribution in [2.45, 2.75) is 18.9 Å². The summed E-state index contributed by atoms with van der Waals surface area (Å²) in [4.78, 5) is 11.6. The lowest BCUT2D eigenvalue weighted by molar-refractivity contribution is -0.145. The summed E-state index contributed by atoms with van der Waals surface area (Å²) in [6.45, 7) is 0.739. The zero-order valence-electron chi connectivity index (χ0n) is 9.76. The zero-order chi connectivity index (χ0) is 12.3. The van der Waals surface area contributed by atoms with Gasteiger partial charge in [0.2, 0.25) is 0 Å². The van der Waals surface area contributed by atoms with Crippen molar-refractivity contribution in [3.05, 3.63) is 29.8 Å². The van der Waals surface area contributed by atoms with Crippen LogP contribution in [-0.2, 0) is 20.7 Å². The molecule has 4 nitrogen and oxygen atoms in total. The van der Waals surface area contributed by atoms with Gasteiger partial charge in [0.1, 0.15) is 5.75 Å². The van der Waals surface area contributed by atoms with Gasteiger partial charge in [0.15, 0.2) is 0 Å². The van der Waals surface area contributed by atoms with E-state index in [9.17, 15) is 9.90 Å². The molecule has 1 aliphatic heterocycles. The van der Waals surface area contributed by atoms with Gasteiger partial charge in [-0.15, -0.1) is 0 Å². The average molecular weight is 236 g/mol. The van der Waals surface area contributed by atoms with Crippen molar-refractivity contribution in [3.63, 3.8) is 0 Å². The normalized spacial score (nSPS) is 19.7. The maximum absolute atomic E-state index is 11.6. The van der Waals surface area contributed by atoms with Gasteiger partial charge in [0, 0.05) is 0 Å². The quantitative estimate of drug-likeness (QED) is 0.622. The number of esters is 1. The molecule has 1 fully saturated rings. The lowest BCUT2D eigenvalue weighted by Gasteiger charge is -2.13. The number of carbonyl (C=O) groups is 1. The molecule has 1 N–H and O–H groups in total. The van der Waals surface area contributed by atoms with E-state index >= 15 is 0 Å². The summed E-state index contributed by atoms with van der Waals surface area (Å²) < 4.78 is 9.94. The van der Waals surface area contributed by atoms with Crippen LogP contribution < -0.4 is 0 Å². The van der Waals surface area contributed by atoms with Gasteiger partial charge in [0.25, 0.3) is 0 Å². The van der Waals surface area contributed by atoms with Gasteiger partial charge in [0.05, 0.1) is 25.7 Å². The van der Waals surface area contributed by atoms with E-state index in [0.29, 0.717) is 12.8 Å². The minimum Gasteiger partial charge on any atom is -0.508 e. The Kier molecular flexibility index (Phi) is 3.64. The number of carbonyl (C=O) groups excluding carboxylic acids is 1. The number of aromatic hydroxyl groups is 1. The zero-order valence-corrected chi connectivity index (χ0v) is 9.76. The van der Waals surface area contributed by atoms with Crippen molar-refractivity contribution in [2.24, 2.45) is 5.92 Å². The summed E-state index contributed by atoms with van der Waals surface area (Å²) >= 11 is 0. The number of methoxy groups -OCH3 is 1. The number of phenols is 1. The maximum atomic E-state index is 11.6. The molecule has 1 aromatic carbocycles. The van der Waals surface area contributed by atoms with Crippen LogP contribution in [0.2, 0.25) is 0 Å². The van der Waals surface area contributed by atoms with E-state index in [-0.39, 0.29) is 23.7 Å². The van der Waals surface area contributed by atoms with E-state index in [1.807, 2.05) is 12.1 Å². The van der Waals surface area contributed by atoms with Gasteiger partial charge < -0.3 is 14.6 Å². The lowest BCUT2D eigenvalue weighted by atomic mass is 9.95. The van der Waals surface area contributed by atoms with E-state index < -0.39 is 0 Å². The Labute approximate surface area is 100 Å². The molecular formula is C13H16O4. The van der Waals surface area contributed by atoms with Crippen LogP contribution >= 0.6 is 0 Å². The Morgan fingerprint density at radius 1 is 1.53 bits per heavy atom. The number of rotatable bonds is 5. The number of ether oxygens (including phenoxy) is 2. The summed E-state index contributed by atoms with van der Waals surface area (Å²) in [7, 11) is 1.40. The molecule has 1 heterocycles. The first-order valence-corrected chi connectivity index (χ1v) is 5.66. The first kappa shape index (κ1) is 11.9. The second-order valence-corrected chi connectivity index (χ2v) is 4.28. The second kappa shape index (κ2) is 5.19. The van der Waals surface area contributed by atoms with Crippen molar-refractivity contribution in [3.8, 4) is 5.75 Å².